The molecule has 0 aliphatic rings. The maximum atomic E-state index is 11.2. The molecule has 1 N–H and O–H groups in total. The van der Waals surface area contributed by atoms with Crippen molar-refractivity contribution >= 4 is 18.0 Å². The van der Waals surface area contributed by atoms with Crippen molar-refractivity contribution in [3.8, 4) is 0 Å². The van der Waals surface area contributed by atoms with E-state index in [0.717, 1.165) is 0 Å². The van der Waals surface area contributed by atoms with Crippen LogP contribution in [-0.2, 0) is 23.8 Å². The molecule has 16 heavy (non-hydrogen) atoms. The molecule has 0 rings (SSSR count). The Kier molecular flexibility index (Phi) is 6.66. The summed E-state index contributed by atoms with van der Waals surface area (Å²) in [5, 5.41) is 2.25. The molecular formula is C9H15NO6. The van der Waals surface area contributed by atoms with Crippen LogP contribution in [0.3, 0.4) is 0 Å². The zero-order valence-electron chi connectivity index (χ0n) is 9.44. The van der Waals surface area contributed by atoms with Crippen molar-refractivity contribution in [3.63, 3.8) is 0 Å². The van der Waals surface area contributed by atoms with E-state index >= 15 is 0 Å². The van der Waals surface area contributed by atoms with Gasteiger partial charge in [0.25, 0.3) is 0 Å². The Balaban J connectivity index is 4.26. The van der Waals surface area contributed by atoms with Crippen LogP contribution in [0, 0.1) is 0 Å². The highest BCUT2D eigenvalue weighted by Gasteiger charge is 2.22. The lowest BCUT2D eigenvalue weighted by Crippen LogP contribution is -2.41. The third-order valence-corrected chi connectivity index (χ3v) is 1.83. The quantitative estimate of drug-likeness (QED) is 0.524. The summed E-state index contributed by atoms with van der Waals surface area (Å²) >= 11 is 0. The number of ether oxygens (including phenoxy) is 3. The number of carbonyl (C=O) groups is 3. The molecule has 1 unspecified atom stereocenters. The molecule has 0 aromatic rings. The van der Waals surface area contributed by atoms with E-state index in [1.807, 2.05) is 0 Å². The molecule has 0 heterocycles. The Morgan fingerprint density at radius 3 is 2.12 bits per heavy atom. The van der Waals surface area contributed by atoms with Crippen LogP contribution < -0.4 is 5.32 Å². The average molecular weight is 233 g/mol. The lowest BCUT2D eigenvalue weighted by molar-refractivity contribution is -0.144. The van der Waals surface area contributed by atoms with Crippen molar-refractivity contribution in [1.82, 2.24) is 5.32 Å². The number of methoxy groups -OCH3 is 3. The van der Waals surface area contributed by atoms with Gasteiger partial charge in [-0.25, -0.2) is 9.59 Å². The van der Waals surface area contributed by atoms with E-state index < -0.39 is 24.1 Å². The first kappa shape index (κ1) is 14.2. The minimum atomic E-state index is -0.920. The van der Waals surface area contributed by atoms with Gasteiger partial charge in [-0.05, 0) is 6.42 Å². The van der Waals surface area contributed by atoms with Gasteiger partial charge in [-0.1, -0.05) is 0 Å². The zero-order chi connectivity index (χ0) is 12.6. The molecule has 0 aromatic carbocycles. The number of rotatable bonds is 5. The predicted octanol–water partition coefficient (Wildman–Crippen LogP) is -0.163. The second kappa shape index (κ2) is 7.49. The molecule has 0 aromatic heterocycles. The highest BCUT2D eigenvalue weighted by molar-refractivity contribution is 5.82. The summed E-state index contributed by atoms with van der Waals surface area (Å²) in [5.41, 5.74) is 0. The summed E-state index contributed by atoms with van der Waals surface area (Å²) in [5.74, 6) is -1.12. The van der Waals surface area contributed by atoms with E-state index in [1.54, 1.807) is 0 Å². The first-order valence-corrected chi connectivity index (χ1v) is 4.54. The molecule has 0 spiro atoms. The number of nitrogens with one attached hydrogen (secondary N) is 1. The Labute approximate surface area is 93.0 Å². The van der Waals surface area contributed by atoms with Crippen molar-refractivity contribution < 1.29 is 28.6 Å². The van der Waals surface area contributed by atoms with Gasteiger partial charge in [-0.15, -0.1) is 0 Å². The fourth-order valence-electron chi connectivity index (χ4n) is 0.957. The third-order valence-electron chi connectivity index (χ3n) is 1.83. The topological polar surface area (TPSA) is 90.9 Å². The summed E-state index contributed by atoms with van der Waals surface area (Å²) in [7, 11) is 3.60. The first-order chi connectivity index (χ1) is 7.54. The molecular weight excluding hydrogens is 218 g/mol. The largest absolute Gasteiger partial charge is 0.469 e. The van der Waals surface area contributed by atoms with Gasteiger partial charge in [0.2, 0.25) is 0 Å². The van der Waals surface area contributed by atoms with E-state index in [9.17, 15) is 14.4 Å². The Bertz CT molecular complexity index is 265. The van der Waals surface area contributed by atoms with Gasteiger partial charge in [-0.3, -0.25) is 4.79 Å². The van der Waals surface area contributed by atoms with E-state index in [-0.39, 0.29) is 12.8 Å². The molecule has 0 fully saturated rings. The fraction of sp³-hybridized carbons (Fsp3) is 0.667. The normalized spacial score (nSPS) is 11.2. The molecule has 0 radical (unpaired) electrons. The maximum Gasteiger partial charge on any atom is 0.407 e. The number of esters is 2. The van der Waals surface area contributed by atoms with Crippen LogP contribution in [-0.4, -0.2) is 45.4 Å². The van der Waals surface area contributed by atoms with Gasteiger partial charge in [0.1, 0.15) is 6.04 Å². The molecule has 0 aliphatic carbocycles. The van der Waals surface area contributed by atoms with E-state index in [2.05, 4.69) is 19.5 Å². The van der Waals surface area contributed by atoms with Crippen LogP contribution in [0.4, 0.5) is 4.79 Å². The fourth-order valence-corrected chi connectivity index (χ4v) is 0.957. The molecule has 0 saturated carbocycles. The van der Waals surface area contributed by atoms with Crippen LogP contribution in [0.1, 0.15) is 12.8 Å². The van der Waals surface area contributed by atoms with Crippen molar-refractivity contribution in [1.29, 1.82) is 0 Å². The van der Waals surface area contributed by atoms with Gasteiger partial charge in [0.05, 0.1) is 21.3 Å². The Morgan fingerprint density at radius 1 is 1.06 bits per heavy atom. The summed E-state index contributed by atoms with van der Waals surface area (Å²) in [6, 6.07) is -0.920. The molecule has 0 bridgehead atoms. The number of alkyl carbamates (subject to hydrolysis) is 1. The van der Waals surface area contributed by atoms with Crippen molar-refractivity contribution in [2.45, 2.75) is 18.9 Å². The van der Waals surface area contributed by atoms with Crippen molar-refractivity contribution in [3.05, 3.63) is 0 Å². The second-order valence-corrected chi connectivity index (χ2v) is 2.83. The van der Waals surface area contributed by atoms with Gasteiger partial charge >= 0.3 is 18.0 Å². The molecule has 0 saturated heterocycles. The smallest absolute Gasteiger partial charge is 0.407 e. The highest BCUT2D eigenvalue weighted by atomic mass is 16.5. The average Bonchev–Trinajstić information content (AvgIpc) is 2.32. The molecule has 7 heteroatoms. The van der Waals surface area contributed by atoms with Gasteiger partial charge < -0.3 is 19.5 Å². The summed E-state index contributed by atoms with van der Waals surface area (Å²) in [6.07, 6.45) is -0.672. The van der Waals surface area contributed by atoms with Crippen LogP contribution in [0.5, 0.6) is 0 Å². The summed E-state index contributed by atoms with van der Waals surface area (Å²) < 4.78 is 13.2. The molecule has 1 amide bonds. The van der Waals surface area contributed by atoms with E-state index in [0.29, 0.717) is 0 Å². The van der Waals surface area contributed by atoms with Gasteiger partial charge in [0, 0.05) is 6.42 Å². The molecule has 0 aliphatic heterocycles. The lowest BCUT2D eigenvalue weighted by atomic mass is 10.1. The SMILES string of the molecule is COC(=O)CCC(NC(=O)OC)C(=O)OC. The van der Waals surface area contributed by atoms with Crippen molar-refractivity contribution in [2.75, 3.05) is 21.3 Å². The van der Waals surface area contributed by atoms with E-state index in [1.165, 1.54) is 21.3 Å². The zero-order valence-corrected chi connectivity index (χ0v) is 9.44. The van der Waals surface area contributed by atoms with E-state index in [4.69, 9.17) is 0 Å². The van der Waals surface area contributed by atoms with Crippen LogP contribution in [0.15, 0.2) is 0 Å². The number of amides is 1. The second-order valence-electron chi connectivity index (χ2n) is 2.83. The number of carbonyl (C=O) groups excluding carboxylic acids is 3. The number of hydrogen-bond acceptors (Lipinski definition) is 6. The Morgan fingerprint density at radius 2 is 1.69 bits per heavy atom. The minimum absolute atomic E-state index is 0.000259. The minimum Gasteiger partial charge on any atom is -0.469 e. The van der Waals surface area contributed by atoms with Crippen LogP contribution in [0.25, 0.3) is 0 Å². The van der Waals surface area contributed by atoms with Gasteiger partial charge in [-0.2, -0.15) is 0 Å². The van der Waals surface area contributed by atoms with Crippen LogP contribution >= 0.6 is 0 Å². The monoisotopic (exact) mass is 233 g/mol. The molecule has 1 atom stereocenters. The number of hydrogen-bond donors (Lipinski definition) is 1. The van der Waals surface area contributed by atoms with Crippen molar-refractivity contribution in [2.24, 2.45) is 0 Å². The lowest BCUT2D eigenvalue weighted by Gasteiger charge is -2.14. The Hall–Kier alpha value is -1.79. The third kappa shape index (κ3) is 5.18. The first-order valence-electron chi connectivity index (χ1n) is 4.54. The standard InChI is InChI=1S/C9H15NO6/c1-14-7(11)5-4-6(8(12)15-2)10-9(13)16-3/h6H,4-5H2,1-3H3,(H,10,13). The summed E-state index contributed by atoms with van der Waals surface area (Å²) in [6.45, 7) is 0. The van der Waals surface area contributed by atoms with Crippen LogP contribution in [0.2, 0.25) is 0 Å². The highest BCUT2D eigenvalue weighted by Crippen LogP contribution is 2.01. The molecule has 92 valence electrons. The van der Waals surface area contributed by atoms with Gasteiger partial charge in [0.15, 0.2) is 0 Å². The maximum absolute atomic E-state index is 11.2. The predicted molar refractivity (Wildman–Crippen MR) is 52.6 cm³/mol. The molecule has 7 nitrogen and oxygen atoms in total. The summed E-state index contributed by atoms with van der Waals surface area (Å²) in [4.78, 5) is 33.0.